The van der Waals surface area contributed by atoms with E-state index in [1.165, 1.54) is 51.6 Å². The number of ether oxygens (including phenoxy) is 2. The van der Waals surface area contributed by atoms with Gasteiger partial charge in [-0.3, -0.25) is 19.7 Å². The van der Waals surface area contributed by atoms with Crippen LogP contribution >= 0.6 is 0 Å². The Hall–Kier alpha value is -3.62. The molecule has 0 saturated heterocycles. The van der Waals surface area contributed by atoms with E-state index in [9.17, 15) is 19.7 Å². The van der Waals surface area contributed by atoms with E-state index >= 15 is 0 Å². The van der Waals surface area contributed by atoms with Crippen LogP contribution < -0.4 is 20.1 Å². The summed E-state index contributed by atoms with van der Waals surface area (Å²) in [5.41, 5.74) is 0.447. The van der Waals surface area contributed by atoms with E-state index < -0.39 is 10.8 Å². The first kappa shape index (κ1) is 18.7. The van der Waals surface area contributed by atoms with E-state index in [-0.39, 0.29) is 28.7 Å². The quantitative estimate of drug-likeness (QED) is 0.603. The van der Waals surface area contributed by atoms with Crippen LogP contribution in [0.25, 0.3) is 0 Å². The Kier molecular flexibility index (Phi) is 5.74. The molecule has 0 unspecified atom stereocenters. The summed E-state index contributed by atoms with van der Waals surface area (Å²) in [6.07, 6.45) is 0. The molecule has 0 fully saturated rings. The van der Waals surface area contributed by atoms with Crippen LogP contribution in [0.1, 0.15) is 20.7 Å². The third-order valence-electron chi connectivity index (χ3n) is 3.58. The molecule has 2 amide bonds. The van der Waals surface area contributed by atoms with Gasteiger partial charge < -0.3 is 20.1 Å². The molecule has 0 bridgehead atoms. The fraction of sp³-hybridized carbons (Fsp3) is 0.176. The molecular formula is C17H17N3O6. The van der Waals surface area contributed by atoms with Crippen molar-refractivity contribution in [2.75, 3.05) is 26.6 Å². The van der Waals surface area contributed by atoms with Crippen molar-refractivity contribution in [2.24, 2.45) is 0 Å². The molecule has 26 heavy (non-hydrogen) atoms. The average Bonchev–Trinajstić information content (AvgIpc) is 2.66. The van der Waals surface area contributed by atoms with E-state index in [1.54, 1.807) is 0 Å². The molecule has 136 valence electrons. The van der Waals surface area contributed by atoms with Gasteiger partial charge in [0.05, 0.1) is 24.8 Å². The molecule has 2 aromatic rings. The Morgan fingerprint density at radius 3 is 2.15 bits per heavy atom. The van der Waals surface area contributed by atoms with Gasteiger partial charge in [0.25, 0.3) is 11.8 Å². The summed E-state index contributed by atoms with van der Waals surface area (Å²) in [7, 11) is 4.21. The van der Waals surface area contributed by atoms with Crippen molar-refractivity contribution >= 4 is 23.2 Å². The molecule has 0 aliphatic carbocycles. The number of anilines is 1. The highest BCUT2D eigenvalue weighted by molar-refractivity contribution is 6.06. The summed E-state index contributed by atoms with van der Waals surface area (Å²) in [4.78, 5) is 34.5. The second-order valence-corrected chi connectivity index (χ2v) is 5.09. The maximum atomic E-state index is 12.4. The average molecular weight is 359 g/mol. The minimum absolute atomic E-state index is 0.0547. The number of carbonyl (C=O) groups excluding carboxylic acids is 2. The molecular weight excluding hydrogens is 342 g/mol. The third-order valence-corrected chi connectivity index (χ3v) is 3.58. The zero-order valence-corrected chi connectivity index (χ0v) is 14.4. The molecule has 0 radical (unpaired) electrons. The number of rotatable bonds is 6. The summed E-state index contributed by atoms with van der Waals surface area (Å²) in [5, 5.41) is 16.2. The number of nitrogens with one attached hydrogen (secondary N) is 2. The number of nitro groups is 1. The van der Waals surface area contributed by atoms with Gasteiger partial charge in [-0.25, -0.2) is 0 Å². The van der Waals surface area contributed by atoms with Gasteiger partial charge in [0.15, 0.2) is 5.75 Å². The Morgan fingerprint density at radius 1 is 0.962 bits per heavy atom. The van der Waals surface area contributed by atoms with Gasteiger partial charge in [-0.2, -0.15) is 0 Å². The Bertz CT molecular complexity index is 866. The number of hydrogen-bond donors (Lipinski definition) is 2. The molecule has 0 saturated carbocycles. The number of nitrogens with zero attached hydrogens (tertiary/aromatic N) is 1. The lowest BCUT2D eigenvalue weighted by Crippen LogP contribution is -2.18. The summed E-state index contributed by atoms with van der Waals surface area (Å²) in [6.45, 7) is 0. The lowest BCUT2D eigenvalue weighted by Gasteiger charge is -2.12. The second kappa shape index (κ2) is 7.97. The van der Waals surface area contributed by atoms with E-state index in [0.29, 0.717) is 11.3 Å². The van der Waals surface area contributed by atoms with E-state index in [1.807, 2.05) is 0 Å². The first-order valence-corrected chi connectivity index (χ1v) is 7.45. The molecule has 2 rings (SSSR count). The summed E-state index contributed by atoms with van der Waals surface area (Å²) < 4.78 is 10.1. The highest BCUT2D eigenvalue weighted by Crippen LogP contribution is 2.29. The van der Waals surface area contributed by atoms with E-state index in [2.05, 4.69) is 10.6 Å². The highest BCUT2D eigenvalue weighted by atomic mass is 16.6. The third kappa shape index (κ3) is 3.89. The van der Waals surface area contributed by atoms with Crippen LogP contribution in [0.3, 0.4) is 0 Å². The normalized spacial score (nSPS) is 9.96. The van der Waals surface area contributed by atoms with Crippen LogP contribution in [-0.2, 0) is 0 Å². The van der Waals surface area contributed by atoms with Gasteiger partial charge >= 0.3 is 5.69 Å². The number of carbonyl (C=O) groups is 2. The van der Waals surface area contributed by atoms with Crippen molar-refractivity contribution in [2.45, 2.75) is 0 Å². The van der Waals surface area contributed by atoms with Gasteiger partial charge in [-0.1, -0.05) is 0 Å². The molecule has 9 nitrogen and oxygen atoms in total. The Labute approximate surface area is 149 Å². The molecule has 2 N–H and O–H groups in total. The van der Waals surface area contributed by atoms with Crippen LogP contribution in [0, 0.1) is 10.1 Å². The topological polar surface area (TPSA) is 120 Å². The lowest BCUT2D eigenvalue weighted by molar-refractivity contribution is -0.385. The van der Waals surface area contributed by atoms with Crippen molar-refractivity contribution < 1.29 is 24.0 Å². The van der Waals surface area contributed by atoms with Gasteiger partial charge in [0, 0.05) is 24.2 Å². The highest BCUT2D eigenvalue weighted by Gasteiger charge is 2.19. The van der Waals surface area contributed by atoms with Crippen LogP contribution in [0.5, 0.6) is 11.5 Å². The molecule has 0 spiro atoms. The monoisotopic (exact) mass is 359 g/mol. The fourth-order valence-corrected chi connectivity index (χ4v) is 2.25. The minimum atomic E-state index is -0.631. The smallest absolute Gasteiger partial charge is 0.311 e. The number of nitro benzene ring substituents is 1. The molecule has 0 atom stereocenters. The number of benzene rings is 2. The maximum Gasteiger partial charge on any atom is 0.311 e. The second-order valence-electron chi connectivity index (χ2n) is 5.09. The van der Waals surface area contributed by atoms with E-state index in [0.717, 1.165) is 6.07 Å². The van der Waals surface area contributed by atoms with Crippen molar-refractivity contribution in [3.05, 3.63) is 57.6 Å². The maximum absolute atomic E-state index is 12.4. The van der Waals surface area contributed by atoms with Crippen molar-refractivity contribution in [3.8, 4) is 11.5 Å². The molecule has 0 heterocycles. The summed E-state index contributed by atoms with van der Waals surface area (Å²) in [5.74, 6) is -0.532. The van der Waals surface area contributed by atoms with E-state index in [4.69, 9.17) is 9.47 Å². The predicted octanol–water partition coefficient (Wildman–Crippen LogP) is 2.22. The molecule has 9 heteroatoms. The van der Waals surface area contributed by atoms with Gasteiger partial charge in [0.2, 0.25) is 0 Å². The number of methoxy groups -OCH3 is 2. The first-order valence-electron chi connectivity index (χ1n) is 7.45. The van der Waals surface area contributed by atoms with Crippen molar-refractivity contribution in [1.82, 2.24) is 5.32 Å². The van der Waals surface area contributed by atoms with Gasteiger partial charge in [0.1, 0.15) is 5.75 Å². The molecule has 2 aromatic carbocycles. The van der Waals surface area contributed by atoms with Crippen molar-refractivity contribution in [3.63, 3.8) is 0 Å². The van der Waals surface area contributed by atoms with Gasteiger partial charge in [-0.15, -0.1) is 0 Å². The zero-order valence-electron chi connectivity index (χ0n) is 14.4. The number of hydrogen-bond acceptors (Lipinski definition) is 6. The largest absolute Gasteiger partial charge is 0.495 e. The van der Waals surface area contributed by atoms with Crippen LogP contribution in [-0.4, -0.2) is 38.0 Å². The number of amides is 2. The van der Waals surface area contributed by atoms with Crippen LogP contribution in [0.15, 0.2) is 36.4 Å². The predicted molar refractivity (Wildman–Crippen MR) is 94.0 cm³/mol. The fourth-order valence-electron chi connectivity index (χ4n) is 2.25. The first-order chi connectivity index (χ1) is 12.4. The van der Waals surface area contributed by atoms with Crippen LogP contribution in [0.4, 0.5) is 11.4 Å². The van der Waals surface area contributed by atoms with Gasteiger partial charge in [-0.05, 0) is 30.3 Å². The Balaban J connectivity index is 2.31. The zero-order chi connectivity index (χ0) is 19.3. The summed E-state index contributed by atoms with van der Waals surface area (Å²) >= 11 is 0. The Morgan fingerprint density at radius 2 is 1.58 bits per heavy atom. The molecule has 0 aromatic heterocycles. The van der Waals surface area contributed by atoms with Crippen molar-refractivity contribution in [1.29, 1.82) is 0 Å². The standard InChI is InChI=1S/C17H17N3O6/c1-18-16(21)11-4-6-12(15(9-11)26-3)19-17(22)10-5-7-14(25-2)13(8-10)20(23)24/h4-9H,1-3H3,(H,18,21)(H,19,22). The summed E-state index contributed by atoms with van der Waals surface area (Å²) in [6, 6.07) is 8.39. The van der Waals surface area contributed by atoms with Crippen LogP contribution in [0.2, 0.25) is 0 Å². The minimum Gasteiger partial charge on any atom is -0.495 e. The molecule has 0 aliphatic heterocycles. The molecule has 0 aliphatic rings. The SMILES string of the molecule is CNC(=O)c1ccc(NC(=O)c2ccc(OC)c([N+](=O)[O-])c2)c(OC)c1. The lowest BCUT2D eigenvalue weighted by atomic mass is 10.1.